The number of hydrogen-bond donors (Lipinski definition) is 1. The van der Waals surface area contributed by atoms with Crippen LogP contribution >= 0.6 is 11.3 Å². The Kier molecular flexibility index (Phi) is 4.69. The van der Waals surface area contributed by atoms with Crippen molar-refractivity contribution in [1.82, 2.24) is 5.32 Å². The van der Waals surface area contributed by atoms with E-state index in [2.05, 4.69) is 5.32 Å². The van der Waals surface area contributed by atoms with Gasteiger partial charge in [-0.05, 0) is 43.2 Å². The molecule has 0 saturated heterocycles. The Morgan fingerprint density at radius 1 is 1.59 bits per heavy atom. The van der Waals surface area contributed by atoms with E-state index in [1.54, 1.807) is 32.1 Å². The van der Waals surface area contributed by atoms with Crippen molar-refractivity contribution in [3.63, 3.8) is 0 Å². The van der Waals surface area contributed by atoms with Crippen molar-refractivity contribution < 1.29 is 14.3 Å². The van der Waals surface area contributed by atoms with E-state index in [9.17, 15) is 9.59 Å². The number of thiophene rings is 1. The average Bonchev–Trinajstić information content (AvgIpc) is 2.66. The van der Waals surface area contributed by atoms with E-state index in [1.807, 2.05) is 16.8 Å². The molecule has 0 aromatic carbocycles. The SMILES string of the molecule is CC(C)(C)OC(=O)NC(C=O)Cc1ccsc1. The van der Waals surface area contributed by atoms with Crippen LogP contribution in [0.2, 0.25) is 0 Å². The molecule has 1 N–H and O–H groups in total. The maximum absolute atomic E-state index is 11.5. The van der Waals surface area contributed by atoms with Gasteiger partial charge in [0.15, 0.2) is 0 Å². The van der Waals surface area contributed by atoms with Gasteiger partial charge in [-0.15, -0.1) is 0 Å². The predicted molar refractivity (Wildman–Crippen MR) is 67.2 cm³/mol. The number of carbonyl (C=O) groups is 2. The standard InChI is InChI=1S/C12H17NO3S/c1-12(2,3)16-11(15)13-10(7-14)6-9-4-5-17-8-9/h4-5,7-8,10H,6H2,1-3H3,(H,13,15). The maximum atomic E-state index is 11.5. The number of alkyl carbamates (subject to hydrolysis) is 1. The summed E-state index contributed by atoms with van der Waals surface area (Å²) in [6.45, 7) is 5.34. The van der Waals surface area contributed by atoms with Crippen LogP contribution in [0.3, 0.4) is 0 Å². The molecule has 0 aliphatic rings. The van der Waals surface area contributed by atoms with Gasteiger partial charge in [-0.2, -0.15) is 11.3 Å². The molecule has 4 nitrogen and oxygen atoms in total. The van der Waals surface area contributed by atoms with E-state index >= 15 is 0 Å². The van der Waals surface area contributed by atoms with Crippen LogP contribution in [0.4, 0.5) is 4.79 Å². The van der Waals surface area contributed by atoms with E-state index in [0.29, 0.717) is 6.42 Å². The summed E-state index contributed by atoms with van der Waals surface area (Å²) in [5, 5.41) is 6.42. The minimum Gasteiger partial charge on any atom is -0.444 e. The molecule has 94 valence electrons. The summed E-state index contributed by atoms with van der Waals surface area (Å²) in [6, 6.07) is 1.39. The van der Waals surface area contributed by atoms with Gasteiger partial charge in [0.05, 0.1) is 6.04 Å². The van der Waals surface area contributed by atoms with E-state index in [-0.39, 0.29) is 0 Å². The maximum Gasteiger partial charge on any atom is 0.408 e. The fourth-order valence-corrected chi connectivity index (χ4v) is 1.94. The minimum absolute atomic E-state index is 0.492. The molecule has 0 saturated carbocycles. The smallest absolute Gasteiger partial charge is 0.408 e. The Morgan fingerprint density at radius 3 is 2.76 bits per heavy atom. The first-order valence-corrected chi connectivity index (χ1v) is 6.31. The first-order chi connectivity index (χ1) is 7.90. The molecular weight excluding hydrogens is 238 g/mol. The van der Waals surface area contributed by atoms with Crippen LogP contribution < -0.4 is 5.32 Å². The molecule has 0 spiro atoms. The molecule has 1 atom stereocenters. The summed E-state index contributed by atoms with van der Waals surface area (Å²) in [5.41, 5.74) is 0.475. The lowest BCUT2D eigenvalue weighted by atomic mass is 10.1. The molecule has 17 heavy (non-hydrogen) atoms. The number of aldehydes is 1. The zero-order chi connectivity index (χ0) is 12.9. The second-order valence-electron chi connectivity index (χ2n) is 4.72. The van der Waals surface area contributed by atoms with Gasteiger partial charge in [0.1, 0.15) is 11.9 Å². The molecule has 0 aliphatic heterocycles. The number of ether oxygens (including phenoxy) is 1. The van der Waals surface area contributed by atoms with Crippen LogP contribution in [0.15, 0.2) is 16.8 Å². The molecule has 1 heterocycles. The van der Waals surface area contributed by atoms with Crippen molar-refractivity contribution >= 4 is 23.7 Å². The molecule has 0 fully saturated rings. The van der Waals surface area contributed by atoms with E-state index in [1.165, 1.54) is 0 Å². The molecule has 0 bridgehead atoms. The summed E-state index contributed by atoms with van der Waals surface area (Å²) in [6.07, 6.45) is 0.651. The Bertz CT molecular complexity index is 368. The molecule has 0 radical (unpaired) electrons. The third-order valence-corrected chi connectivity index (χ3v) is 2.63. The van der Waals surface area contributed by atoms with E-state index < -0.39 is 17.7 Å². The number of hydrogen-bond acceptors (Lipinski definition) is 4. The van der Waals surface area contributed by atoms with E-state index in [4.69, 9.17) is 4.74 Å². The van der Waals surface area contributed by atoms with Gasteiger partial charge in [0.25, 0.3) is 0 Å². The van der Waals surface area contributed by atoms with Gasteiger partial charge < -0.3 is 14.8 Å². The van der Waals surface area contributed by atoms with E-state index in [0.717, 1.165) is 11.8 Å². The number of nitrogens with one attached hydrogen (secondary N) is 1. The van der Waals surface area contributed by atoms with Crippen molar-refractivity contribution in [3.8, 4) is 0 Å². The third-order valence-electron chi connectivity index (χ3n) is 1.90. The molecule has 1 unspecified atom stereocenters. The fraction of sp³-hybridized carbons (Fsp3) is 0.500. The Morgan fingerprint density at radius 2 is 2.29 bits per heavy atom. The van der Waals surface area contributed by atoms with Gasteiger partial charge in [-0.25, -0.2) is 4.79 Å². The first kappa shape index (κ1) is 13.7. The van der Waals surface area contributed by atoms with Crippen LogP contribution in [0.5, 0.6) is 0 Å². The highest BCUT2D eigenvalue weighted by Gasteiger charge is 2.19. The highest BCUT2D eigenvalue weighted by molar-refractivity contribution is 7.07. The Labute approximate surface area is 105 Å². The molecule has 1 aromatic heterocycles. The summed E-state index contributed by atoms with van der Waals surface area (Å²) in [5.74, 6) is 0. The first-order valence-electron chi connectivity index (χ1n) is 5.36. The lowest BCUT2D eigenvalue weighted by molar-refractivity contribution is -0.109. The lowest BCUT2D eigenvalue weighted by Crippen LogP contribution is -2.41. The Balaban J connectivity index is 2.47. The molecule has 5 heteroatoms. The molecular formula is C12H17NO3S. The fourth-order valence-electron chi connectivity index (χ4n) is 1.25. The van der Waals surface area contributed by atoms with Crippen molar-refractivity contribution in [2.45, 2.75) is 38.8 Å². The van der Waals surface area contributed by atoms with Gasteiger partial charge in [-0.3, -0.25) is 0 Å². The predicted octanol–water partition coefficient (Wildman–Crippen LogP) is 2.38. The molecule has 0 aliphatic carbocycles. The molecule has 1 aromatic rings. The van der Waals surface area contributed by atoms with Crippen LogP contribution in [-0.4, -0.2) is 24.0 Å². The normalized spacial score (nSPS) is 12.9. The number of carbonyl (C=O) groups excluding carboxylic acids is 2. The zero-order valence-corrected chi connectivity index (χ0v) is 11.0. The van der Waals surface area contributed by atoms with Crippen LogP contribution in [0.1, 0.15) is 26.3 Å². The minimum atomic E-state index is -0.565. The van der Waals surface area contributed by atoms with Crippen LogP contribution in [0, 0.1) is 0 Å². The average molecular weight is 255 g/mol. The molecule has 1 rings (SSSR count). The molecule has 1 amide bonds. The van der Waals surface area contributed by atoms with Crippen molar-refractivity contribution in [3.05, 3.63) is 22.4 Å². The summed E-state index contributed by atoms with van der Waals surface area (Å²) in [4.78, 5) is 22.3. The summed E-state index contributed by atoms with van der Waals surface area (Å²) < 4.78 is 5.08. The number of rotatable bonds is 4. The quantitative estimate of drug-likeness (QED) is 0.840. The van der Waals surface area contributed by atoms with Crippen molar-refractivity contribution in [1.29, 1.82) is 0 Å². The van der Waals surface area contributed by atoms with Gasteiger partial charge in [0, 0.05) is 6.42 Å². The second kappa shape index (κ2) is 5.82. The van der Waals surface area contributed by atoms with Crippen molar-refractivity contribution in [2.24, 2.45) is 0 Å². The van der Waals surface area contributed by atoms with Crippen LogP contribution in [-0.2, 0) is 16.0 Å². The summed E-state index contributed by atoms with van der Waals surface area (Å²) >= 11 is 1.56. The van der Waals surface area contributed by atoms with Gasteiger partial charge >= 0.3 is 6.09 Å². The third kappa shape index (κ3) is 5.49. The van der Waals surface area contributed by atoms with Crippen LogP contribution in [0.25, 0.3) is 0 Å². The van der Waals surface area contributed by atoms with Gasteiger partial charge in [0.2, 0.25) is 0 Å². The monoisotopic (exact) mass is 255 g/mol. The topological polar surface area (TPSA) is 55.4 Å². The Hall–Kier alpha value is -1.36. The second-order valence-corrected chi connectivity index (χ2v) is 5.50. The highest BCUT2D eigenvalue weighted by atomic mass is 32.1. The van der Waals surface area contributed by atoms with Gasteiger partial charge in [-0.1, -0.05) is 0 Å². The lowest BCUT2D eigenvalue weighted by Gasteiger charge is -2.21. The highest BCUT2D eigenvalue weighted by Crippen LogP contribution is 2.09. The zero-order valence-electron chi connectivity index (χ0n) is 10.2. The summed E-state index contributed by atoms with van der Waals surface area (Å²) in [7, 11) is 0. The van der Waals surface area contributed by atoms with Crippen molar-refractivity contribution in [2.75, 3.05) is 0 Å². The largest absolute Gasteiger partial charge is 0.444 e. The number of amides is 1.